The number of carbonyl (C=O) groups excluding carboxylic acids is 1. The van der Waals surface area contributed by atoms with Gasteiger partial charge in [0.05, 0.1) is 19.3 Å². The topological polar surface area (TPSA) is 59.0 Å². The van der Waals surface area contributed by atoms with Crippen molar-refractivity contribution in [3.8, 4) is 5.75 Å². The van der Waals surface area contributed by atoms with E-state index >= 15 is 0 Å². The van der Waals surface area contributed by atoms with Crippen LogP contribution < -0.4 is 4.74 Å². The normalized spacial score (nSPS) is 12.5. The molecule has 1 unspecified atom stereocenters. The van der Waals surface area contributed by atoms with Gasteiger partial charge in [0.25, 0.3) is 0 Å². The van der Waals surface area contributed by atoms with Gasteiger partial charge in [-0.1, -0.05) is 0 Å². The van der Waals surface area contributed by atoms with Crippen LogP contribution in [0.25, 0.3) is 0 Å². The number of nitrogens with zero attached hydrogens (tertiary/aromatic N) is 1. The summed E-state index contributed by atoms with van der Waals surface area (Å²) >= 11 is 0. The van der Waals surface area contributed by atoms with Crippen LogP contribution in [0.15, 0.2) is 18.2 Å². The first-order chi connectivity index (χ1) is 9.97. The van der Waals surface area contributed by atoms with E-state index in [-0.39, 0.29) is 5.78 Å². The van der Waals surface area contributed by atoms with Gasteiger partial charge in [-0.3, -0.25) is 9.69 Å². The minimum Gasteiger partial charge on any atom is -0.494 e. The Kier molecular flexibility index (Phi) is 7.36. The molecule has 21 heavy (non-hydrogen) atoms. The Balaban J connectivity index is 2.82. The third kappa shape index (κ3) is 5.83. The van der Waals surface area contributed by atoms with Crippen LogP contribution in [0.1, 0.15) is 29.8 Å². The number of rotatable bonds is 9. The standard InChI is InChI=1S/C16H25NO4/c1-5-21-16-7-6-13(12(2)18)8-14(16)9-17(3)10-15(19)11-20-4/h6-8,15,19H,5,9-11H2,1-4H3. The smallest absolute Gasteiger partial charge is 0.159 e. The zero-order chi connectivity index (χ0) is 15.8. The summed E-state index contributed by atoms with van der Waals surface area (Å²) in [4.78, 5) is 13.5. The van der Waals surface area contributed by atoms with E-state index in [1.807, 2.05) is 31.0 Å². The Morgan fingerprint density at radius 2 is 2.14 bits per heavy atom. The van der Waals surface area contributed by atoms with E-state index < -0.39 is 6.10 Å². The molecule has 0 spiro atoms. The lowest BCUT2D eigenvalue weighted by Gasteiger charge is -2.21. The van der Waals surface area contributed by atoms with Crippen LogP contribution in [0.5, 0.6) is 5.75 Å². The van der Waals surface area contributed by atoms with Crippen molar-refractivity contribution in [3.63, 3.8) is 0 Å². The average molecular weight is 295 g/mol. The maximum absolute atomic E-state index is 11.5. The molecular weight excluding hydrogens is 270 g/mol. The highest BCUT2D eigenvalue weighted by Crippen LogP contribution is 2.22. The molecular formula is C16H25NO4. The summed E-state index contributed by atoms with van der Waals surface area (Å²) in [6.45, 7) is 5.43. The first kappa shape index (κ1) is 17.6. The molecule has 0 amide bonds. The van der Waals surface area contributed by atoms with Gasteiger partial charge in [-0.05, 0) is 39.1 Å². The molecule has 0 aliphatic heterocycles. The largest absolute Gasteiger partial charge is 0.494 e. The summed E-state index contributed by atoms with van der Waals surface area (Å²) in [5, 5.41) is 9.76. The Labute approximate surface area is 126 Å². The molecule has 1 N–H and O–H groups in total. The number of aliphatic hydroxyl groups is 1. The van der Waals surface area contributed by atoms with Crippen molar-refractivity contribution in [2.75, 3.05) is 33.9 Å². The van der Waals surface area contributed by atoms with Crippen molar-refractivity contribution in [2.24, 2.45) is 0 Å². The fourth-order valence-corrected chi connectivity index (χ4v) is 2.18. The molecule has 0 heterocycles. The summed E-state index contributed by atoms with van der Waals surface area (Å²) in [7, 11) is 3.47. The Bertz CT molecular complexity index is 462. The van der Waals surface area contributed by atoms with Crippen molar-refractivity contribution in [1.82, 2.24) is 4.90 Å². The number of carbonyl (C=O) groups is 1. The van der Waals surface area contributed by atoms with E-state index in [2.05, 4.69) is 0 Å². The van der Waals surface area contributed by atoms with E-state index in [9.17, 15) is 9.90 Å². The van der Waals surface area contributed by atoms with Crippen molar-refractivity contribution < 1.29 is 19.4 Å². The molecule has 0 radical (unpaired) electrons. The third-order valence-electron chi connectivity index (χ3n) is 3.09. The number of methoxy groups -OCH3 is 1. The zero-order valence-corrected chi connectivity index (χ0v) is 13.3. The summed E-state index contributed by atoms with van der Waals surface area (Å²) in [5.74, 6) is 0.803. The Hall–Kier alpha value is -1.43. The second kappa shape index (κ2) is 8.77. The number of ketones is 1. The third-order valence-corrected chi connectivity index (χ3v) is 3.09. The van der Waals surface area contributed by atoms with Gasteiger partial charge in [0.15, 0.2) is 5.78 Å². The lowest BCUT2D eigenvalue weighted by atomic mass is 10.1. The molecule has 118 valence electrons. The van der Waals surface area contributed by atoms with Crippen LogP contribution >= 0.6 is 0 Å². The van der Waals surface area contributed by atoms with Crippen LogP contribution in [-0.4, -0.2) is 55.8 Å². The molecule has 0 aliphatic carbocycles. The highest BCUT2D eigenvalue weighted by atomic mass is 16.5. The number of likely N-dealkylation sites (N-methyl/N-ethyl adjacent to an activating group) is 1. The molecule has 0 fully saturated rings. The molecule has 0 saturated carbocycles. The predicted molar refractivity (Wildman–Crippen MR) is 81.8 cm³/mol. The molecule has 1 aromatic rings. The minimum atomic E-state index is -0.536. The molecule has 1 aromatic carbocycles. The lowest BCUT2D eigenvalue weighted by Crippen LogP contribution is -2.31. The minimum absolute atomic E-state index is 0.0290. The zero-order valence-electron chi connectivity index (χ0n) is 13.3. The molecule has 1 rings (SSSR count). The van der Waals surface area contributed by atoms with Crippen LogP contribution in [0.4, 0.5) is 0 Å². The van der Waals surface area contributed by atoms with Crippen LogP contribution in [0.3, 0.4) is 0 Å². The summed E-state index contributed by atoms with van der Waals surface area (Å²) in [6, 6.07) is 5.46. The van der Waals surface area contributed by atoms with E-state index in [0.717, 1.165) is 11.3 Å². The second-order valence-electron chi connectivity index (χ2n) is 5.12. The first-order valence-electron chi connectivity index (χ1n) is 7.10. The van der Waals surface area contributed by atoms with Gasteiger partial charge in [-0.2, -0.15) is 0 Å². The van der Waals surface area contributed by atoms with Gasteiger partial charge in [0, 0.05) is 31.3 Å². The quantitative estimate of drug-likeness (QED) is 0.703. The van der Waals surface area contributed by atoms with Gasteiger partial charge in [-0.25, -0.2) is 0 Å². The van der Waals surface area contributed by atoms with Gasteiger partial charge in [0.1, 0.15) is 5.75 Å². The SMILES string of the molecule is CCOc1ccc(C(C)=O)cc1CN(C)CC(O)COC. The van der Waals surface area contributed by atoms with Gasteiger partial charge < -0.3 is 14.6 Å². The summed E-state index contributed by atoms with van der Waals surface area (Å²) in [5.41, 5.74) is 1.61. The summed E-state index contributed by atoms with van der Waals surface area (Å²) < 4.78 is 10.5. The highest BCUT2D eigenvalue weighted by Gasteiger charge is 2.13. The molecule has 0 aliphatic rings. The Morgan fingerprint density at radius 3 is 2.71 bits per heavy atom. The average Bonchev–Trinajstić information content (AvgIpc) is 2.40. The fourth-order valence-electron chi connectivity index (χ4n) is 2.18. The number of hydrogen-bond donors (Lipinski definition) is 1. The number of benzene rings is 1. The van der Waals surface area contributed by atoms with E-state index in [1.165, 1.54) is 0 Å². The molecule has 1 atom stereocenters. The molecule has 5 nitrogen and oxygen atoms in total. The van der Waals surface area contributed by atoms with E-state index in [4.69, 9.17) is 9.47 Å². The summed E-state index contributed by atoms with van der Waals surface area (Å²) in [6.07, 6.45) is -0.536. The predicted octanol–water partition coefficient (Wildman–Crippen LogP) is 1.73. The number of ether oxygens (including phenoxy) is 2. The Morgan fingerprint density at radius 1 is 1.43 bits per heavy atom. The fraction of sp³-hybridized carbons (Fsp3) is 0.562. The molecule has 5 heteroatoms. The molecule has 0 bridgehead atoms. The molecule has 0 aromatic heterocycles. The van der Waals surface area contributed by atoms with E-state index in [0.29, 0.717) is 31.9 Å². The maximum Gasteiger partial charge on any atom is 0.159 e. The van der Waals surface area contributed by atoms with Crippen molar-refractivity contribution in [1.29, 1.82) is 0 Å². The monoisotopic (exact) mass is 295 g/mol. The lowest BCUT2D eigenvalue weighted by molar-refractivity contribution is 0.0417. The number of hydrogen-bond acceptors (Lipinski definition) is 5. The van der Waals surface area contributed by atoms with Gasteiger partial charge in [-0.15, -0.1) is 0 Å². The van der Waals surface area contributed by atoms with Gasteiger partial charge in [0.2, 0.25) is 0 Å². The van der Waals surface area contributed by atoms with Crippen molar-refractivity contribution >= 4 is 5.78 Å². The van der Waals surface area contributed by atoms with Crippen molar-refractivity contribution in [2.45, 2.75) is 26.5 Å². The highest BCUT2D eigenvalue weighted by molar-refractivity contribution is 5.94. The van der Waals surface area contributed by atoms with Crippen LogP contribution in [-0.2, 0) is 11.3 Å². The van der Waals surface area contributed by atoms with Crippen LogP contribution in [0.2, 0.25) is 0 Å². The molecule has 0 saturated heterocycles. The second-order valence-corrected chi connectivity index (χ2v) is 5.12. The first-order valence-corrected chi connectivity index (χ1v) is 7.10. The number of aliphatic hydroxyl groups excluding tert-OH is 1. The van der Waals surface area contributed by atoms with Crippen molar-refractivity contribution in [3.05, 3.63) is 29.3 Å². The van der Waals surface area contributed by atoms with E-state index in [1.54, 1.807) is 20.1 Å². The maximum atomic E-state index is 11.5. The number of Topliss-reactive ketones (excluding diaryl/α,β-unsaturated/α-hetero) is 1. The van der Waals surface area contributed by atoms with Gasteiger partial charge >= 0.3 is 0 Å². The van der Waals surface area contributed by atoms with Crippen LogP contribution in [0, 0.1) is 0 Å².